The Hall–Kier alpha value is -1.60. The number of thiophene rings is 1. The van der Waals surface area contributed by atoms with Crippen LogP contribution >= 0.6 is 11.3 Å². The van der Waals surface area contributed by atoms with Gasteiger partial charge in [0.1, 0.15) is 6.10 Å². The topological polar surface area (TPSA) is 51.2 Å². The molecule has 5 nitrogen and oxygen atoms in total. The van der Waals surface area contributed by atoms with Crippen molar-refractivity contribution in [3.63, 3.8) is 0 Å². The van der Waals surface area contributed by atoms with Gasteiger partial charge in [-0.3, -0.25) is 4.90 Å². The fourth-order valence-electron chi connectivity index (χ4n) is 3.35. The van der Waals surface area contributed by atoms with Crippen molar-refractivity contribution in [2.45, 2.75) is 25.6 Å². The first-order valence-corrected chi connectivity index (χ1v) is 9.21. The molecular formula is C19H25NO4S. The van der Waals surface area contributed by atoms with Gasteiger partial charge in [0.2, 0.25) is 0 Å². The van der Waals surface area contributed by atoms with E-state index in [1.54, 1.807) is 14.2 Å². The molecule has 6 heteroatoms. The minimum atomic E-state index is -0.257. The predicted octanol–water partition coefficient (Wildman–Crippen LogP) is 3.01. The van der Waals surface area contributed by atoms with Gasteiger partial charge in [-0.05, 0) is 36.8 Å². The first-order valence-electron chi connectivity index (χ1n) is 8.40. The van der Waals surface area contributed by atoms with Crippen LogP contribution in [0.3, 0.4) is 0 Å². The standard InChI is InChI=1S/C19H25NO4S/c1-13-4-6-15(25-13)11-20-8-9-24-18(12-21)19(20)14-5-7-16(22-2)17(10-14)23-3/h4-7,10,18-19,21H,8-9,11-12H2,1-3H3/t18-,19-/m1/s1. The average Bonchev–Trinajstić information content (AvgIpc) is 3.05. The highest BCUT2D eigenvalue weighted by molar-refractivity contribution is 7.11. The van der Waals surface area contributed by atoms with Crippen LogP contribution in [-0.2, 0) is 11.3 Å². The summed E-state index contributed by atoms with van der Waals surface area (Å²) in [5, 5.41) is 9.83. The van der Waals surface area contributed by atoms with Crippen molar-refractivity contribution < 1.29 is 19.3 Å². The normalized spacial score (nSPS) is 21.3. The molecule has 1 N–H and O–H groups in total. The van der Waals surface area contributed by atoms with E-state index in [0.717, 1.165) is 18.7 Å². The molecule has 136 valence electrons. The second kappa shape index (κ2) is 8.19. The van der Waals surface area contributed by atoms with Crippen LogP contribution in [0.2, 0.25) is 0 Å². The third-order valence-corrected chi connectivity index (χ3v) is 5.53. The number of morpholine rings is 1. The highest BCUT2D eigenvalue weighted by Gasteiger charge is 2.34. The van der Waals surface area contributed by atoms with E-state index in [1.165, 1.54) is 9.75 Å². The van der Waals surface area contributed by atoms with Crippen molar-refractivity contribution in [3.8, 4) is 11.5 Å². The van der Waals surface area contributed by atoms with E-state index < -0.39 is 0 Å². The lowest BCUT2D eigenvalue weighted by Gasteiger charge is -2.40. The maximum atomic E-state index is 9.83. The lowest BCUT2D eigenvalue weighted by Crippen LogP contribution is -2.46. The minimum Gasteiger partial charge on any atom is -0.493 e. The van der Waals surface area contributed by atoms with Crippen LogP contribution in [0.4, 0.5) is 0 Å². The van der Waals surface area contributed by atoms with Gasteiger partial charge in [0.25, 0.3) is 0 Å². The summed E-state index contributed by atoms with van der Waals surface area (Å²) in [4.78, 5) is 5.00. The quantitative estimate of drug-likeness (QED) is 0.855. The van der Waals surface area contributed by atoms with Gasteiger partial charge in [0.15, 0.2) is 11.5 Å². The molecule has 0 bridgehead atoms. The van der Waals surface area contributed by atoms with Crippen molar-refractivity contribution in [2.75, 3.05) is 34.0 Å². The number of nitrogens with zero attached hydrogens (tertiary/aromatic N) is 1. The summed E-state index contributed by atoms with van der Waals surface area (Å²) in [7, 11) is 3.26. The van der Waals surface area contributed by atoms with Crippen molar-refractivity contribution in [1.82, 2.24) is 4.90 Å². The Balaban J connectivity index is 1.91. The predicted molar refractivity (Wildman–Crippen MR) is 98.6 cm³/mol. The van der Waals surface area contributed by atoms with E-state index in [0.29, 0.717) is 18.1 Å². The zero-order valence-corrected chi connectivity index (χ0v) is 15.7. The molecule has 0 saturated carbocycles. The van der Waals surface area contributed by atoms with Crippen LogP contribution < -0.4 is 9.47 Å². The Kier molecular flexibility index (Phi) is 5.96. The van der Waals surface area contributed by atoms with Gasteiger partial charge in [-0.15, -0.1) is 11.3 Å². The fraction of sp³-hybridized carbons (Fsp3) is 0.474. The summed E-state index contributed by atoms with van der Waals surface area (Å²) in [6.07, 6.45) is -0.257. The molecule has 0 amide bonds. The second-order valence-electron chi connectivity index (χ2n) is 6.13. The third kappa shape index (κ3) is 3.98. The van der Waals surface area contributed by atoms with Gasteiger partial charge < -0.3 is 19.3 Å². The lowest BCUT2D eigenvalue weighted by molar-refractivity contribution is -0.0958. The largest absolute Gasteiger partial charge is 0.493 e. The van der Waals surface area contributed by atoms with E-state index >= 15 is 0 Å². The van der Waals surface area contributed by atoms with Crippen LogP contribution in [0, 0.1) is 6.92 Å². The van der Waals surface area contributed by atoms with Gasteiger partial charge in [0, 0.05) is 22.8 Å². The summed E-state index contributed by atoms with van der Waals surface area (Å²) in [5.41, 5.74) is 1.06. The molecule has 2 aromatic rings. The molecule has 2 heterocycles. The number of aliphatic hydroxyl groups is 1. The molecule has 1 fully saturated rings. The Labute approximate surface area is 152 Å². The molecule has 0 unspecified atom stereocenters. The summed E-state index contributed by atoms with van der Waals surface area (Å²) < 4.78 is 16.6. The van der Waals surface area contributed by atoms with E-state index in [9.17, 15) is 5.11 Å². The first kappa shape index (κ1) is 18.2. The summed E-state index contributed by atoms with van der Waals surface area (Å²) in [6, 6.07) is 10.2. The van der Waals surface area contributed by atoms with E-state index in [4.69, 9.17) is 14.2 Å². The SMILES string of the molecule is COc1ccc([C@@H]2[C@@H](CO)OCCN2Cc2ccc(C)s2)cc1OC. The smallest absolute Gasteiger partial charge is 0.161 e. The van der Waals surface area contributed by atoms with Gasteiger partial charge in [-0.2, -0.15) is 0 Å². The van der Waals surface area contributed by atoms with Crippen LogP contribution in [-0.4, -0.2) is 50.1 Å². The van der Waals surface area contributed by atoms with Gasteiger partial charge in [-0.25, -0.2) is 0 Å². The third-order valence-electron chi connectivity index (χ3n) is 4.54. The van der Waals surface area contributed by atoms with Gasteiger partial charge in [0.05, 0.1) is 33.5 Å². The molecule has 1 aliphatic rings. The number of hydrogen-bond acceptors (Lipinski definition) is 6. The van der Waals surface area contributed by atoms with Crippen molar-refractivity contribution >= 4 is 11.3 Å². The zero-order chi connectivity index (χ0) is 17.8. The van der Waals surface area contributed by atoms with Crippen molar-refractivity contribution in [2.24, 2.45) is 0 Å². The van der Waals surface area contributed by atoms with Gasteiger partial charge in [-0.1, -0.05) is 6.07 Å². The molecule has 1 aliphatic heterocycles. The number of ether oxygens (including phenoxy) is 3. The van der Waals surface area contributed by atoms with Crippen LogP contribution in [0.5, 0.6) is 11.5 Å². The Morgan fingerprint density at radius 3 is 2.64 bits per heavy atom. The zero-order valence-electron chi connectivity index (χ0n) is 14.9. The molecule has 25 heavy (non-hydrogen) atoms. The molecule has 3 rings (SSSR count). The molecular weight excluding hydrogens is 338 g/mol. The number of aliphatic hydroxyl groups excluding tert-OH is 1. The maximum Gasteiger partial charge on any atom is 0.161 e. The molecule has 0 aliphatic carbocycles. The Bertz CT molecular complexity index is 702. The van der Waals surface area contributed by atoms with Crippen molar-refractivity contribution in [3.05, 3.63) is 45.6 Å². The van der Waals surface area contributed by atoms with Crippen LogP contribution in [0.1, 0.15) is 21.4 Å². The monoisotopic (exact) mass is 363 g/mol. The molecule has 0 spiro atoms. The molecule has 2 atom stereocenters. The first-order chi connectivity index (χ1) is 12.2. The van der Waals surface area contributed by atoms with Crippen molar-refractivity contribution in [1.29, 1.82) is 0 Å². The van der Waals surface area contributed by atoms with E-state index in [1.807, 2.05) is 29.5 Å². The number of benzene rings is 1. The number of aryl methyl sites for hydroxylation is 1. The number of methoxy groups -OCH3 is 2. The molecule has 1 saturated heterocycles. The fourth-order valence-corrected chi connectivity index (χ4v) is 4.27. The number of hydrogen-bond donors (Lipinski definition) is 1. The van der Waals surface area contributed by atoms with Gasteiger partial charge >= 0.3 is 0 Å². The summed E-state index contributed by atoms with van der Waals surface area (Å²) >= 11 is 1.81. The van der Waals surface area contributed by atoms with Crippen LogP contribution in [0.25, 0.3) is 0 Å². The van der Waals surface area contributed by atoms with E-state index in [-0.39, 0.29) is 18.8 Å². The lowest BCUT2D eigenvalue weighted by atomic mass is 9.97. The highest BCUT2D eigenvalue weighted by Crippen LogP contribution is 2.36. The maximum absolute atomic E-state index is 9.83. The second-order valence-corrected chi connectivity index (χ2v) is 7.51. The average molecular weight is 363 g/mol. The summed E-state index contributed by atoms with van der Waals surface area (Å²) in [5.74, 6) is 1.39. The summed E-state index contributed by atoms with van der Waals surface area (Å²) in [6.45, 7) is 4.40. The molecule has 1 aromatic heterocycles. The van der Waals surface area contributed by atoms with Crippen LogP contribution in [0.15, 0.2) is 30.3 Å². The number of rotatable bonds is 6. The van der Waals surface area contributed by atoms with E-state index in [2.05, 4.69) is 24.0 Å². The Morgan fingerprint density at radius 1 is 1.20 bits per heavy atom. The Morgan fingerprint density at radius 2 is 2.00 bits per heavy atom. The minimum absolute atomic E-state index is 0.0149. The molecule has 0 radical (unpaired) electrons. The highest BCUT2D eigenvalue weighted by atomic mass is 32.1. The molecule has 1 aromatic carbocycles.